The first-order valence-corrected chi connectivity index (χ1v) is 12.8. The van der Waals surface area contributed by atoms with Crippen molar-refractivity contribution in [2.24, 2.45) is 0 Å². The number of nitrogens with one attached hydrogen (secondary N) is 1. The minimum absolute atomic E-state index is 0.251. The van der Waals surface area contributed by atoms with Crippen LogP contribution in [-0.4, -0.2) is 40.0 Å². The van der Waals surface area contributed by atoms with Crippen LogP contribution in [0.5, 0.6) is 5.75 Å². The minimum atomic E-state index is -0.954. The summed E-state index contributed by atoms with van der Waals surface area (Å²) in [5.74, 6) is 0.190. The third kappa shape index (κ3) is 4.79. The summed E-state index contributed by atoms with van der Waals surface area (Å²) in [7, 11) is 0. The van der Waals surface area contributed by atoms with E-state index in [4.69, 9.17) is 9.47 Å². The highest BCUT2D eigenvalue weighted by Gasteiger charge is 2.31. The van der Waals surface area contributed by atoms with Gasteiger partial charge < -0.3 is 24.5 Å². The summed E-state index contributed by atoms with van der Waals surface area (Å²) in [5.41, 5.74) is 3.83. The molecule has 1 aliphatic carbocycles. The van der Waals surface area contributed by atoms with Gasteiger partial charge in [0, 0.05) is 23.0 Å². The molecule has 7 nitrogen and oxygen atoms in total. The Labute approximate surface area is 211 Å². The Kier molecular flexibility index (Phi) is 6.41. The summed E-state index contributed by atoms with van der Waals surface area (Å²) >= 11 is 0. The maximum absolute atomic E-state index is 12.7. The third-order valence-electron chi connectivity index (χ3n) is 7.07. The fourth-order valence-electron chi connectivity index (χ4n) is 5.61. The molecule has 5 rings (SSSR count). The van der Waals surface area contributed by atoms with E-state index in [2.05, 4.69) is 16.0 Å². The maximum atomic E-state index is 12.7. The van der Waals surface area contributed by atoms with Gasteiger partial charge in [-0.3, -0.25) is 0 Å². The van der Waals surface area contributed by atoms with Crippen LogP contribution >= 0.6 is 0 Å². The van der Waals surface area contributed by atoms with E-state index in [1.54, 1.807) is 12.1 Å². The predicted molar refractivity (Wildman–Crippen MR) is 139 cm³/mol. The average molecular weight is 491 g/mol. The fraction of sp³-hybridized carbons (Fsp3) is 0.448. The Hall–Kier alpha value is -3.48. The molecule has 7 heteroatoms. The fourth-order valence-corrected chi connectivity index (χ4v) is 5.61. The van der Waals surface area contributed by atoms with E-state index in [-0.39, 0.29) is 18.2 Å². The van der Waals surface area contributed by atoms with E-state index >= 15 is 0 Å². The normalized spacial score (nSPS) is 18.4. The van der Waals surface area contributed by atoms with Gasteiger partial charge >= 0.3 is 12.1 Å². The molecule has 1 amide bonds. The number of hydrogen-bond acceptors (Lipinski definition) is 4. The topological polar surface area (TPSA) is 89.8 Å². The first-order valence-electron chi connectivity index (χ1n) is 12.8. The largest absolute Gasteiger partial charge is 0.491 e. The highest BCUT2D eigenvalue weighted by Crippen LogP contribution is 2.46. The summed E-state index contributed by atoms with van der Waals surface area (Å²) < 4.78 is 14.0. The van der Waals surface area contributed by atoms with Crippen LogP contribution in [0.25, 0.3) is 22.2 Å². The molecule has 1 atom stereocenters. The summed E-state index contributed by atoms with van der Waals surface area (Å²) in [6.07, 6.45) is 5.33. The quantitative estimate of drug-likeness (QED) is 0.447. The number of carbonyl (C=O) groups is 2. The highest BCUT2D eigenvalue weighted by atomic mass is 16.6. The summed E-state index contributed by atoms with van der Waals surface area (Å²) in [6.45, 7) is 6.21. The minimum Gasteiger partial charge on any atom is -0.491 e. The van der Waals surface area contributed by atoms with Crippen molar-refractivity contribution in [3.05, 3.63) is 53.6 Å². The number of aromatic carboxylic acids is 1. The van der Waals surface area contributed by atoms with Crippen LogP contribution in [0.15, 0.2) is 42.5 Å². The maximum Gasteiger partial charge on any atom is 0.408 e. The van der Waals surface area contributed by atoms with Crippen molar-refractivity contribution in [1.82, 2.24) is 9.88 Å². The average Bonchev–Trinajstić information content (AvgIpc) is 3.13. The van der Waals surface area contributed by atoms with E-state index < -0.39 is 17.7 Å². The van der Waals surface area contributed by atoms with Crippen molar-refractivity contribution < 1.29 is 24.2 Å². The molecule has 0 spiro atoms. The zero-order valence-electron chi connectivity index (χ0n) is 21.2. The van der Waals surface area contributed by atoms with Crippen molar-refractivity contribution in [1.29, 1.82) is 0 Å². The smallest absolute Gasteiger partial charge is 0.408 e. The van der Waals surface area contributed by atoms with Crippen LogP contribution in [0.4, 0.5) is 4.79 Å². The third-order valence-corrected chi connectivity index (χ3v) is 7.07. The second kappa shape index (κ2) is 9.52. The van der Waals surface area contributed by atoms with E-state index in [1.807, 2.05) is 45.0 Å². The summed E-state index contributed by atoms with van der Waals surface area (Å²) in [6, 6.07) is 13.1. The van der Waals surface area contributed by atoms with E-state index in [0.717, 1.165) is 40.8 Å². The lowest BCUT2D eigenvalue weighted by Crippen LogP contribution is -2.45. The van der Waals surface area contributed by atoms with Gasteiger partial charge in [-0.2, -0.15) is 0 Å². The number of hydrogen-bond donors (Lipinski definition) is 2. The molecule has 1 fully saturated rings. The molecule has 190 valence electrons. The van der Waals surface area contributed by atoms with Crippen molar-refractivity contribution in [2.75, 3.05) is 6.61 Å². The van der Waals surface area contributed by atoms with Gasteiger partial charge in [-0.15, -0.1) is 0 Å². The lowest BCUT2D eigenvalue weighted by atomic mass is 9.81. The second-order valence-corrected chi connectivity index (χ2v) is 10.9. The standard InChI is InChI=1S/C29H34N2O5/c1-29(2,3)36-28(34)30-20-16-31-23-15-19(27(32)33)13-14-21(23)25(18-9-5-4-6-10-18)26(31)22-11-7-8-12-24(22)35-17-20/h7-8,11-15,18,20H,4-6,9-10,16-17H2,1-3H3,(H,30,34)(H,32,33)/t20-/m1/s1. The Bertz CT molecular complexity index is 1300. The Morgan fingerprint density at radius 1 is 1.08 bits per heavy atom. The first-order chi connectivity index (χ1) is 17.2. The number of benzene rings is 2. The molecule has 0 radical (unpaired) electrons. The van der Waals surface area contributed by atoms with Crippen molar-refractivity contribution in [2.45, 2.75) is 77.0 Å². The molecular formula is C29H34N2O5. The van der Waals surface area contributed by atoms with Crippen LogP contribution < -0.4 is 10.1 Å². The van der Waals surface area contributed by atoms with Crippen molar-refractivity contribution >= 4 is 23.0 Å². The molecular weight excluding hydrogens is 456 g/mol. The van der Waals surface area contributed by atoms with Crippen LogP contribution in [0, 0.1) is 0 Å². The number of aromatic nitrogens is 1. The number of carbonyl (C=O) groups excluding carboxylic acids is 1. The van der Waals surface area contributed by atoms with Gasteiger partial charge in [-0.25, -0.2) is 9.59 Å². The molecule has 2 aromatic carbocycles. The van der Waals surface area contributed by atoms with Crippen LogP contribution in [-0.2, 0) is 11.3 Å². The molecule has 0 unspecified atom stereocenters. The van der Waals surface area contributed by atoms with Gasteiger partial charge in [0.05, 0.1) is 17.3 Å². The molecule has 0 saturated heterocycles. The number of ether oxygens (including phenoxy) is 2. The number of alkyl carbamates (subject to hydrolysis) is 1. The summed E-state index contributed by atoms with van der Waals surface area (Å²) in [5, 5.41) is 13.8. The van der Waals surface area contributed by atoms with Gasteiger partial charge in [0.1, 0.15) is 18.0 Å². The zero-order valence-corrected chi connectivity index (χ0v) is 21.2. The molecule has 3 aromatic rings. The van der Waals surface area contributed by atoms with Gasteiger partial charge in [0.15, 0.2) is 0 Å². The van der Waals surface area contributed by atoms with Crippen LogP contribution in [0.1, 0.15) is 74.7 Å². The number of rotatable bonds is 3. The Morgan fingerprint density at radius 3 is 2.56 bits per heavy atom. The van der Waals surface area contributed by atoms with Crippen LogP contribution in [0.3, 0.4) is 0 Å². The molecule has 36 heavy (non-hydrogen) atoms. The van der Waals surface area contributed by atoms with Crippen molar-refractivity contribution in [3.63, 3.8) is 0 Å². The second-order valence-electron chi connectivity index (χ2n) is 10.9. The number of carboxylic acids is 1. The predicted octanol–water partition coefficient (Wildman–Crippen LogP) is 6.34. The van der Waals surface area contributed by atoms with E-state index in [9.17, 15) is 14.7 Å². The lowest BCUT2D eigenvalue weighted by molar-refractivity contribution is 0.0480. The Morgan fingerprint density at radius 2 is 1.83 bits per heavy atom. The molecule has 1 aliphatic heterocycles. The van der Waals surface area contributed by atoms with Crippen LogP contribution in [0.2, 0.25) is 0 Å². The zero-order chi connectivity index (χ0) is 25.4. The molecule has 0 bridgehead atoms. The molecule has 1 saturated carbocycles. The summed E-state index contributed by atoms with van der Waals surface area (Å²) in [4.78, 5) is 24.5. The number of carboxylic acid groups (broad SMARTS) is 1. The van der Waals surface area contributed by atoms with E-state index in [0.29, 0.717) is 12.5 Å². The van der Waals surface area contributed by atoms with Gasteiger partial charge in [-0.1, -0.05) is 37.5 Å². The van der Waals surface area contributed by atoms with Gasteiger partial charge in [-0.05, 0) is 69.4 Å². The van der Waals surface area contributed by atoms with Gasteiger partial charge in [0.25, 0.3) is 0 Å². The number of fused-ring (bicyclic) bond motifs is 5. The lowest BCUT2D eigenvalue weighted by Gasteiger charge is -2.29. The van der Waals surface area contributed by atoms with Gasteiger partial charge in [0.2, 0.25) is 0 Å². The van der Waals surface area contributed by atoms with E-state index in [1.165, 1.54) is 24.8 Å². The number of amides is 1. The SMILES string of the molecule is CC(C)(C)OC(=O)N[C@H]1COc2ccccc2-c2c(C3CCCCC3)c3ccc(C(=O)O)cc3n2C1. The molecule has 2 aliphatic rings. The molecule has 1 aromatic heterocycles. The Balaban J connectivity index is 1.69. The van der Waals surface area contributed by atoms with Crippen molar-refractivity contribution in [3.8, 4) is 17.0 Å². The number of nitrogens with zero attached hydrogens (tertiary/aromatic N) is 1. The molecule has 2 N–H and O–H groups in total. The highest BCUT2D eigenvalue weighted by molar-refractivity contribution is 5.98. The number of para-hydroxylation sites is 1. The molecule has 2 heterocycles. The monoisotopic (exact) mass is 490 g/mol. The first kappa shape index (κ1) is 24.2.